The SMILES string of the molecule is CP1OCC2(CO1)COP(Oc1ccc(C(C)(C)c3ccccc3)cc1C(C)(C)c1ccccc1)OC2.Cc1ccc(C(C)(C)c2ccccc2)cc1C(C)(C)c1ccccc1. The monoisotopic (exact) mass is 866 g/mol. The molecule has 2 saturated heterocycles. The molecule has 62 heavy (non-hydrogen) atoms. The van der Waals surface area contributed by atoms with Crippen molar-refractivity contribution in [2.24, 2.45) is 5.41 Å². The number of hydrogen-bond acceptors (Lipinski definition) is 5. The zero-order valence-electron chi connectivity index (χ0n) is 38.3. The van der Waals surface area contributed by atoms with E-state index in [0.29, 0.717) is 26.4 Å². The summed E-state index contributed by atoms with van der Waals surface area (Å²) in [6.45, 7) is 24.7. The second kappa shape index (κ2) is 18.9. The van der Waals surface area contributed by atoms with Gasteiger partial charge in [-0.15, -0.1) is 0 Å². The quantitative estimate of drug-likeness (QED) is 0.128. The van der Waals surface area contributed by atoms with E-state index in [-0.39, 0.29) is 27.1 Å². The molecule has 0 unspecified atom stereocenters. The Bertz CT molecular complexity index is 2360. The molecule has 6 aromatic carbocycles. The highest BCUT2D eigenvalue weighted by Gasteiger charge is 2.44. The topological polar surface area (TPSA) is 46.2 Å². The molecule has 0 aromatic heterocycles. The van der Waals surface area contributed by atoms with Crippen LogP contribution in [0, 0.1) is 12.3 Å². The molecular formula is C55H64O5P2. The minimum Gasteiger partial charge on any atom is -0.426 e. The van der Waals surface area contributed by atoms with Crippen LogP contribution in [0.3, 0.4) is 0 Å². The number of rotatable bonds is 10. The first-order chi connectivity index (χ1) is 29.5. The fourth-order valence-electron chi connectivity index (χ4n) is 8.53. The van der Waals surface area contributed by atoms with Gasteiger partial charge < -0.3 is 22.6 Å². The van der Waals surface area contributed by atoms with Gasteiger partial charge in [-0.25, -0.2) is 0 Å². The van der Waals surface area contributed by atoms with Crippen LogP contribution in [0.4, 0.5) is 0 Å². The normalized spacial score (nSPS) is 19.6. The van der Waals surface area contributed by atoms with Gasteiger partial charge in [0, 0.05) is 33.9 Å². The molecule has 324 valence electrons. The number of hydrogen-bond donors (Lipinski definition) is 0. The smallest absolute Gasteiger partial charge is 0.397 e. The molecular weight excluding hydrogens is 803 g/mol. The van der Waals surface area contributed by atoms with E-state index in [1.165, 1.54) is 44.5 Å². The third-order valence-electron chi connectivity index (χ3n) is 13.2. The van der Waals surface area contributed by atoms with Crippen LogP contribution in [0.1, 0.15) is 105 Å². The molecule has 8 rings (SSSR count). The largest absolute Gasteiger partial charge is 0.426 e. The van der Waals surface area contributed by atoms with Crippen LogP contribution < -0.4 is 4.52 Å². The van der Waals surface area contributed by atoms with E-state index in [0.717, 1.165) is 11.3 Å². The maximum atomic E-state index is 6.47. The Morgan fingerprint density at radius 2 is 0.774 bits per heavy atom. The van der Waals surface area contributed by atoms with Crippen LogP contribution in [0.5, 0.6) is 5.75 Å². The fourth-order valence-corrected chi connectivity index (χ4v) is 10.8. The summed E-state index contributed by atoms with van der Waals surface area (Å²) < 4.78 is 30.2. The van der Waals surface area contributed by atoms with Crippen molar-refractivity contribution in [3.8, 4) is 5.75 Å². The van der Waals surface area contributed by atoms with E-state index >= 15 is 0 Å². The lowest BCUT2D eigenvalue weighted by Gasteiger charge is -2.41. The molecule has 2 aliphatic heterocycles. The second-order valence-corrected chi connectivity index (χ2v) is 21.6. The lowest BCUT2D eigenvalue weighted by Crippen LogP contribution is -2.44. The van der Waals surface area contributed by atoms with Crippen molar-refractivity contribution in [1.29, 1.82) is 0 Å². The fraction of sp³-hybridized carbons (Fsp3) is 0.345. The Labute approximate surface area is 374 Å². The average molecular weight is 867 g/mol. The van der Waals surface area contributed by atoms with Crippen LogP contribution in [0.15, 0.2) is 158 Å². The Balaban J connectivity index is 0.000000201. The van der Waals surface area contributed by atoms with E-state index in [4.69, 9.17) is 22.6 Å². The van der Waals surface area contributed by atoms with Gasteiger partial charge >= 0.3 is 8.60 Å². The first-order valence-electron chi connectivity index (χ1n) is 21.8. The summed E-state index contributed by atoms with van der Waals surface area (Å²) in [5, 5.41) is 0. The predicted molar refractivity (Wildman–Crippen MR) is 259 cm³/mol. The molecule has 2 aliphatic rings. The van der Waals surface area contributed by atoms with Crippen LogP contribution >= 0.6 is 17.0 Å². The van der Waals surface area contributed by atoms with E-state index < -0.39 is 17.0 Å². The molecule has 0 bridgehead atoms. The summed E-state index contributed by atoms with van der Waals surface area (Å²) in [6, 6.07) is 56.3. The van der Waals surface area contributed by atoms with Crippen molar-refractivity contribution in [3.63, 3.8) is 0 Å². The van der Waals surface area contributed by atoms with Gasteiger partial charge in [0.2, 0.25) is 0 Å². The molecule has 6 aromatic rings. The molecule has 0 amide bonds. The molecule has 2 fully saturated rings. The molecule has 0 saturated carbocycles. The van der Waals surface area contributed by atoms with E-state index in [1.54, 1.807) is 0 Å². The average Bonchev–Trinajstić information content (AvgIpc) is 3.29. The second-order valence-electron chi connectivity index (χ2n) is 19.1. The summed E-state index contributed by atoms with van der Waals surface area (Å²) in [6.07, 6.45) is 0. The van der Waals surface area contributed by atoms with Crippen LogP contribution in [0.2, 0.25) is 0 Å². The lowest BCUT2D eigenvalue weighted by molar-refractivity contribution is -0.0598. The van der Waals surface area contributed by atoms with Gasteiger partial charge in [-0.1, -0.05) is 207 Å². The van der Waals surface area contributed by atoms with Gasteiger partial charge in [0.15, 0.2) is 8.38 Å². The Morgan fingerprint density at radius 3 is 1.21 bits per heavy atom. The van der Waals surface area contributed by atoms with E-state index in [9.17, 15) is 0 Å². The van der Waals surface area contributed by atoms with Gasteiger partial charge in [0.05, 0.1) is 31.8 Å². The van der Waals surface area contributed by atoms with E-state index in [2.05, 4.69) is 220 Å². The first-order valence-corrected chi connectivity index (χ1v) is 24.5. The van der Waals surface area contributed by atoms with Crippen molar-refractivity contribution in [2.75, 3.05) is 33.1 Å². The van der Waals surface area contributed by atoms with Crippen LogP contribution in [0.25, 0.3) is 0 Å². The summed E-state index contributed by atoms with van der Waals surface area (Å²) in [5.41, 5.74) is 10.9. The van der Waals surface area contributed by atoms with Gasteiger partial charge in [-0.05, 0) is 57.5 Å². The van der Waals surface area contributed by atoms with Crippen LogP contribution in [-0.4, -0.2) is 33.1 Å². The Hall–Kier alpha value is -4.18. The van der Waals surface area contributed by atoms with Crippen molar-refractivity contribution in [3.05, 3.63) is 208 Å². The summed E-state index contributed by atoms with van der Waals surface area (Å²) in [5.74, 6) is 0.789. The van der Waals surface area contributed by atoms with Gasteiger partial charge in [0.25, 0.3) is 0 Å². The molecule has 0 aliphatic carbocycles. The Morgan fingerprint density at radius 1 is 0.419 bits per heavy atom. The third kappa shape index (κ3) is 9.95. The number of benzene rings is 6. The Kier molecular flexibility index (Phi) is 14.0. The zero-order chi connectivity index (χ0) is 44.2. The molecule has 5 nitrogen and oxygen atoms in total. The maximum Gasteiger partial charge on any atom is 0.397 e. The van der Waals surface area contributed by atoms with Crippen LogP contribution in [-0.2, 0) is 39.8 Å². The molecule has 2 heterocycles. The van der Waals surface area contributed by atoms with Crippen molar-refractivity contribution in [2.45, 2.75) is 84.0 Å². The minimum atomic E-state index is -1.53. The standard InChI is InChI=1S/C30H36O5P2.C25H28/c1-28(2,23-12-8-6-9-13-23)25-16-17-27(26(18-25)29(3,4)24-14-10-7-11-15-24)35-37-33-21-30(22-34-37)19-31-36(5)32-20-30;1-19-16-17-22(24(2,3)20-12-8-6-9-13-20)18-23(19)25(4,5)21-14-10-7-11-15-21/h6-18H,19-22H2,1-5H3;6-18H,1-5H3. The minimum absolute atomic E-state index is 0.0174. The van der Waals surface area contributed by atoms with Crippen molar-refractivity contribution < 1.29 is 22.6 Å². The highest BCUT2D eigenvalue weighted by molar-refractivity contribution is 7.46. The zero-order valence-corrected chi connectivity index (χ0v) is 40.1. The predicted octanol–water partition coefficient (Wildman–Crippen LogP) is 14.6. The lowest BCUT2D eigenvalue weighted by atomic mass is 9.72. The molecule has 7 heteroatoms. The summed E-state index contributed by atoms with van der Waals surface area (Å²) in [4.78, 5) is 0. The molecule has 1 spiro atoms. The van der Waals surface area contributed by atoms with Crippen molar-refractivity contribution >= 4 is 17.0 Å². The molecule has 0 N–H and O–H groups in total. The summed E-state index contributed by atoms with van der Waals surface area (Å²) >= 11 is 0. The van der Waals surface area contributed by atoms with E-state index in [1.807, 2.05) is 6.66 Å². The maximum absolute atomic E-state index is 6.47. The highest BCUT2D eigenvalue weighted by Crippen LogP contribution is 2.53. The van der Waals surface area contributed by atoms with Gasteiger partial charge in [-0.3, -0.25) is 0 Å². The number of aryl methyl sites for hydroxylation is 1. The third-order valence-corrected chi connectivity index (χ3v) is 15.2. The molecule has 0 atom stereocenters. The van der Waals surface area contributed by atoms with Crippen molar-refractivity contribution in [1.82, 2.24) is 0 Å². The van der Waals surface area contributed by atoms with Gasteiger partial charge in [0.1, 0.15) is 5.75 Å². The highest BCUT2D eigenvalue weighted by atomic mass is 31.2. The van der Waals surface area contributed by atoms with Gasteiger partial charge in [-0.2, -0.15) is 0 Å². The first kappa shape index (κ1) is 45.8. The molecule has 0 radical (unpaired) electrons. The summed E-state index contributed by atoms with van der Waals surface area (Å²) in [7, 11) is -2.33.